The van der Waals surface area contributed by atoms with E-state index in [4.69, 9.17) is 4.52 Å². The Kier molecular flexibility index (Phi) is 2.44. The van der Waals surface area contributed by atoms with Crippen LogP contribution in [0.25, 0.3) is 11.1 Å². The van der Waals surface area contributed by atoms with Gasteiger partial charge in [-0.25, -0.2) is 4.98 Å². The van der Waals surface area contributed by atoms with Crippen molar-refractivity contribution in [3.05, 3.63) is 41.9 Å². The molecule has 90 valence electrons. The summed E-state index contributed by atoms with van der Waals surface area (Å²) in [5.74, 6) is 0.712. The maximum Gasteiger partial charge on any atom is 0.263 e. The molecular weight excluding hydrogens is 228 g/mol. The standard InChI is InChI=1S/C13H12N4O/c1-8-4-3-5-10(6-8)16-12-11-9(2)17-18-13(11)15-7-14-12/h3-7H,1-2H3,(H,14,15,16). The molecule has 5 heteroatoms. The van der Waals surface area contributed by atoms with Gasteiger partial charge in [-0.05, 0) is 31.5 Å². The van der Waals surface area contributed by atoms with Crippen LogP contribution < -0.4 is 5.32 Å². The molecule has 0 saturated heterocycles. The van der Waals surface area contributed by atoms with Crippen molar-refractivity contribution in [2.75, 3.05) is 5.32 Å². The van der Waals surface area contributed by atoms with E-state index < -0.39 is 0 Å². The summed E-state index contributed by atoms with van der Waals surface area (Å²) < 4.78 is 5.11. The van der Waals surface area contributed by atoms with Crippen molar-refractivity contribution in [2.45, 2.75) is 13.8 Å². The molecule has 2 heterocycles. The first-order valence-corrected chi connectivity index (χ1v) is 5.65. The topological polar surface area (TPSA) is 63.8 Å². The third-order valence-electron chi connectivity index (χ3n) is 2.72. The number of fused-ring (bicyclic) bond motifs is 1. The molecule has 0 unspecified atom stereocenters. The van der Waals surface area contributed by atoms with Crippen molar-refractivity contribution in [3.8, 4) is 0 Å². The van der Waals surface area contributed by atoms with Crippen molar-refractivity contribution in [1.82, 2.24) is 15.1 Å². The van der Waals surface area contributed by atoms with E-state index in [0.29, 0.717) is 11.5 Å². The van der Waals surface area contributed by atoms with Crippen LogP contribution in [0.5, 0.6) is 0 Å². The van der Waals surface area contributed by atoms with Gasteiger partial charge in [0.25, 0.3) is 5.71 Å². The Hall–Kier alpha value is -2.43. The van der Waals surface area contributed by atoms with Gasteiger partial charge in [-0.1, -0.05) is 17.3 Å². The van der Waals surface area contributed by atoms with E-state index in [1.165, 1.54) is 11.9 Å². The second-order valence-electron chi connectivity index (χ2n) is 4.16. The third-order valence-corrected chi connectivity index (χ3v) is 2.72. The first-order valence-electron chi connectivity index (χ1n) is 5.65. The predicted octanol–water partition coefficient (Wildman–Crippen LogP) is 2.98. The number of nitrogens with zero attached hydrogens (tertiary/aromatic N) is 3. The minimum absolute atomic E-state index is 0.498. The molecule has 0 fully saturated rings. The predicted molar refractivity (Wildman–Crippen MR) is 68.8 cm³/mol. The van der Waals surface area contributed by atoms with Crippen molar-refractivity contribution >= 4 is 22.6 Å². The van der Waals surface area contributed by atoms with Crippen LogP contribution in [0, 0.1) is 13.8 Å². The largest absolute Gasteiger partial charge is 0.339 e. The smallest absolute Gasteiger partial charge is 0.263 e. The van der Waals surface area contributed by atoms with Crippen LogP contribution >= 0.6 is 0 Å². The van der Waals surface area contributed by atoms with Crippen LogP contribution in [0.3, 0.4) is 0 Å². The van der Waals surface area contributed by atoms with E-state index in [-0.39, 0.29) is 0 Å². The monoisotopic (exact) mass is 240 g/mol. The molecule has 0 aliphatic rings. The minimum atomic E-state index is 0.498. The Morgan fingerprint density at radius 1 is 1.17 bits per heavy atom. The molecule has 2 aromatic heterocycles. The van der Waals surface area contributed by atoms with Gasteiger partial charge in [-0.15, -0.1) is 0 Å². The average molecular weight is 240 g/mol. The number of aromatic nitrogens is 3. The highest BCUT2D eigenvalue weighted by Gasteiger charge is 2.11. The van der Waals surface area contributed by atoms with Crippen LogP contribution in [-0.4, -0.2) is 15.1 Å². The summed E-state index contributed by atoms with van der Waals surface area (Å²) in [7, 11) is 0. The van der Waals surface area contributed by atoms with E-state index in [9.17, 15) is 0 Å². The van der Waals surface area contributed by atoms with Gasteiger partial charge in [0, 0.05) is 5.69 Å². The zero-order chi connectivity index (χ0) is 12.5. The minimum Gasteiger partial charge on any atom is -0.339 e. The van der Waals surface area contributed by atoms with E-state index in [2.05, 4.69) is 26.5 Å². The van der Waals surface area contributed by atoms with E-state index in [0.717, 1.165) is 16.8 Å². The van der Waals surface area contributed by atoms with Crippen LogP contribution in [0.15, 0.2) is 35.1 Å². The molecule has 5 nitrogen and oxygen atoms in total. The van der Waals surface area contributed by atoms with Crippen molar-refractivity contribution < 1.29 is 4.52 Å². The summed E-state index contributed by atoms with van der Waals surface area (Å²) in [6.45, 7) is 3.92. The second-order valence-corrected chi connectivity index (χ2v) is 4.16. The van der Waals surface area contributed by atoms with Crippen LogP contribution in [0.4, 0.5) is 11.5 Å². The van der Waals surface area contributed by atoms with E-state index >= 15 is 0 Å². The number of anilines is 2. The zero-order valence-electron chi connectivity index (χ0n) is 10.1. The van der Waals surface area contributed by atoms with Crippen molar-refractivity contribution in [2.24, 2.45) is 0 Å². The molecule has 3 aromatic rings. The van der Waals surface area contributed by atoms with Crippen molar-refractivity contribution in [1.29, 1.82) is 0 Å². The molecule has 18 heavy (non-hydrogen) atoms. The Morgan fingerprint density at radius 3 is 2.89 bits per heavy atom. The molecule has 0 atom stereocenters. The number of benzene rings is 1. The number of hydrogen-bond acceptors (Lipinski definition) is 5. The van der Waals surface area contributed by atoms with Gasteiger partial charge in [-0.3, -0.25) is 0 Å². The fourth-order valence-electron chi connectivity index (χ4n) is 1.88. The highest BCUT2D eigenvalue weighted by atomic mass is 16.5. The second kappa shape index (κ2) is 4.10. The molecule has 1 aromatic carbocycles. The molecule has 0 bridgehead atoms. The lowest BCUT2D eigenvalue weighted by Gasteiger charge is -2.06. The fourth-order valence-corrected chi connectivity index (χ4v) is 1.88. The summed E-state index contributed by atoms with van der Waals surface area (Å²) in [4.78, 5) is 8.28. The number of rotatable bonds is 2. The maximum atomic E-state index is 5.11. The van der Waals surface area contributed by atoms with Crippen molar-refractivity contribution in [3.63, 3.8) is 0 Å². The number of nitrogens with one attached hydrogen (secondary N) is 1. The number of hydrogen-bond donors (Lipinski definition) is 1. The van der Waals surface area contributed by atoms with Gasteiger partial charge in [0.1, 0.15) is 17.5 Å². The lowest BCUT2D eigenvalue weighted by molar-refractivity contribution is 0.442. The number of aryl methyl sites for hydroxylation is 2. The molecule has 0 aliphatic carbocycles. The van der Waals surface area contributed by atoms with Gasteiger partial charge < -0.3 is 9.84 Å². The SMILES string of the molecule is Cc1cccc(Nc2ncnc3onc(C)c23)c1. The Balaban J connectivity index is 2.07. The lowest BCUT2D eigenvalue weighted by atomic mass is 10.2. The highest BCUT2D eigenvalue weighted by molar-refractivity contribution is 5.89. The van der Waals surface area contributed by atoms with Gasteiger partial charge >= 0.3 is 0 Å². The quantitative estimate of drug-likeness (QED) is 0.746. The molecular formula is C13H12N4O. The van der Waals surface area contributed by atoms with Crippen LogP contribution in [0.1, 0.15) is 11.3 Å². The van der Waals surface area contributed by atoms with Gasteiger partial charge in [0.2, 0.25) is 0 Å². The van der Waals surface area contributed by atoms with E-state index in [1.54, 1.807) is 0 Å². The summed E-state index contributed by atoms with van der Waals surface area (Å²) in [6, 6.07) is 8.09. The first-order chi connectivity index (χ1) is 8.74. The Morgan fingerprint density at radius 2 is 2.06 bits per heavy atom. The zero-order valence-corrected chi connectivity index (χ0v) is 10.1. The van der Waals surface area contributed by atoms with E-state index in [1.807, 2.05) is 32.0 Å². The summed E-state index contributed by atoms with van der Waals surface area (Å²) >= 11 is 0. The third kappa shape index (κ3) is 1.79. The van der Waals surface area contributed by atoms with Gasteiger partial charge in [0.15, 0.2) is 0 Å². The fraction of sp³-hybridized carbons (Fsp3) is 0.154. The average Bonchev–Trinajstić information content (AvgIpc) is 2.72. The molecule has 0 saturated carbocycles. The normalized spacial score (nSPS) is 10.8. The maximum absolute atomic E-state index is 5.11. The highest BCUT2D eigenvalue weighted by Crippen LogP contribution is 2.25. The molecule has 0 radical (unpaired) electrons. The van der Waals surface area contributed by atoms with Gasteiger partial charge in [0.05, 0.1) is 5.69 Å². The Bertz CT molecular complexity index is 705. The molecule has 3 rings (SSSR count). The summed E-state index contributed by atoms with van der Waals surface area (Å²) in [5.41, 5.74) is 3.45. The molecule has 0 spiro atoms. The molecule has 1 N–H and O–H groups in total. The summed E-state index contributed by atoms with van der Waals surface area (Å²) in [6.07, 6.45) is 1.46. The van der Waals surface area contributed by atoms with Crippen LogP contribution in [0.2, 0.25) is 0 Å². The molecule has 0 aliphatic heterocycles. The Labute approximate surface area is 104 Å². The molecule has 0 amide bonds. The van der Waals surface area contributed by atoms with Crippen LogP contribution in [-0.2, 0) is 0 Å². The van der Waals surface area contributed by atoms with Gasteiger partial charge in [-0.2, -0.15) is 4.98 Å². The lowest BCUT2D eigenvalue weighted by Crippen LogP contribution is -1.95. The first kappa shape index (κ1) is 10.7. The summed E-state index contributed by atoms with van der Waals surface area (Å²) in [5, 5.41) is 7.98.